The lowest BCUT2D eigenvalue weighted by Crippen LogP contribution is -2.03. The fourth-order valence-electron chi connectivity index (χ4n) is 1.42. The molecule has 0 radical (unpaired) electrons. The zero-order valence-electron chi connectivity index (χ0n) is 8.95. The maximum Gasteiger partial charge on any atom is 0.304 e. The highest BCUT2D eigenvalue weighted by molar-refractivity contribution is 8.01. The standard InChI is InChI=1S/C12H11NO2S2/c14-11(15)7-10(9-3-1-5-13-8-9)17-12-4-2-6-16-12/h1-6,8,10H,7H2,(H,14,15). The summed E-state index contributed by atoms with van der Waals surface area (Å²) in [7, 11) is 0. The zero-order chi connectivity index (χ0) is 12.1. The quantitative estimate of drug-likeness (QED) is 0.841. The highest BCUT2D eigenvalue weighted by atomic mass is 32.2. The van der Waals surface area contributed by atoms with Crippen LogP contribution in [0.1, 0.15) is 17.2 Å². The van der Waals surface area contributed by atoms with Crippen molar-refractivity contribution in [2.24, 2.45) is 0 Å². The molecule has 0 saturated carbocycles. The Bertz CT molecular complexity index is 471. The van der Waals surface area contributed by atoms with Gasteiger partial charge < -0.3 is 5.11 Å². The number of carbonyl (C=O) groups is 1. The van der Waals surface area contributed by atoms with Gasteiger partial charge in [-0.3, -0.25) is 9.78 Å². The van der Waals surface area contributed by atoms with Gasteiger partial charge in [-0.05, 0) is 23.1 Å². The Morgan fingerprint density at radius 3 is 2.94 bits per heavy atom. The van der Waals surface area contributed by atoms with Crippen LogP contribution in [-0.2, 0) is 4.79 Å². The summed E-state index contributed by atoms with van der Waals surface area (Å²) in [5.74, 6) is -0.789. The predicted octanol–water partition coefficient (Wildman–Crippen LogP) is 3.45. The van der Waals surface area contributed by atoms with Crippen LogP contribution in [0.2, 0.25) is 0 Å². The smallest absolute Gasteiger partial charge is 0.304 e. The summed E-state index contributed by atoms with van der Waals surface area (Å²) >= 11 is 3.20. The van der Waals surface area contributed by atoms with Crippen molar-refractivity contribution >= 4 is 29.1 Å². The summed E-state index contributed by atoms with van der Waals surface area (Å²) in [5.41, 5.74) is 0.952. The SMILES string of the molecule is O=C(O)CC(Sc1cccs1)c1cccnc1. The molecule has 1 unspecified atom stereocenters. The van der Waals surface area contributed by atoms with E-state index in [1.165, 1.54) is 0 Å². The number of pyridine rings is 1. The van der Waals surface area contributed by atoms with Crippen molar-refractivity contribution in [2.45, 2.75) is 15.9 Å². The number of aliphatic carboxylic acids is 1. The number of thiophene rings is 1. The van der Waals surface area contributed by atoms with E-state index in [-0.39, 0.29) is 11.7 Å². The number of thioether (sulfide) groups is 1. The van der Waals surface area contributed by atoms with Crippen LogP contribution in [0.25, 0.3) is 0 Å². The number of rotatable bonds is 5. The van der Waals surface area contributed by atoms with Gasteiger partial charge in [0, 0.05) is 17.6 Å². The van der Waals surface area contributed by atoms with E-state index in [9.17, 15) is 4.79 Å². The normalized spacial score (nSPS) is 12.2. The number of hydrogen-bond acceptors (Lipinski definition) is 4. The molecule has 2 rings (SSSR count). The first-order valence-corrected chi connectivity index (χ1v) is 6.83. The summed E-state index contributed by atoms with van der Waals surface area (Å²) < 4.78 is 1.13. The van der Waals surface area contributed by atoms with Gasteiger partial charge in [-0.15, -0.1) is 23.1 Å². The van der Waals surface area contributed by atoms with Crippen molar-refractivity contribution in [3.8, 4) is 0 Å². The number of carboxylic acids is 1. The zero-order valence-corrected chi connectivity index (χ0v) is 10.6. The molecule has 2 aromatic rings. The Hall–Kier alpha value is -1.33. The van der Waals surface area contributed by atoms with Crippen LogP contribution in [0.3, 0.4) is 0 Å². The van der Waals surface area contributed by atoms with Crippen molar-refractivity contribution in [3.05, 3.63) is 47.6 Å². The van der Waals surface area contributed by atoms with Gasteiger partial charge in [0.1, 0.15) is 0 Å². The summed E-state index contributed by atoms with van der Waals surface area (Å²) in [4.78, 5) is 14.9. The summed E-state index contributed by atoms with van der Waals surface area (Å²) in [5, 5.41) is 10.8. The fraction of sp³-hybridized carbons (Fsp3) is 0.167. The van der Waals surface area contributed by atoms with E-state index in [1.807, 2.05) is 29.6 Å². The largest absolute Gasteiger partial charge is 0.481 e. The Balaban J connectivity index is 2.16. The first-order valence-electron chi connectivity index (χ1n) is 5.07. The number of carboxylic acid groups (broad SMARTS) is 1. The van der Waals surface area contributed by atoms with Crippen LogP contribution in [0, 0.1) is 0 Å². The number of hydrogen-bond donors (Lipinski definition) is 1. The molecule has 0 saturated heterocycles. The first-order chi connectivity index (χ1) is 8.25. The van der Waals surface area contributed by atoms with Gasteiger partial charge in [0.2, 0.25) is 0 Å². The van der Waals surface area contributed by atoms with E-state index in [0.29, 0.717) is 0 Å². The van der Waals surface area contributed by atoms with Gasteiger partial charge in [0.05, 0.1) is 10.6 Å². The predicted molar refractivity (Wildman–Crippen MR) is 69.4 cm³/mol. The molecule has 0 aliphatic rings. The van der Waals surface area contributed by atoms with Gasteiger partial charge in [-0.2, -0.15) is 0 Å². The lowest BCUT2D eigenvalue weighted by molar-refractivity contribution is -0.137. The average Bonchev–Trinajstić information content (AvgIpc) is 2.82. The third kappa shape index (κ3) is 3.57. The van der Waals surface area contributed by atoms with Crippen LogP contribution in [0.4, 0.5) is 0 Å². The van der Waals surface area contributed by atoms with Crippen molar-refractivity contribution in [1.29, 1.82) is 0 Å². The monoisotopic (exact) mass is 265 g/mol. The lowest BCUT2D eigenvalue weighted by atomic mass is 10.1. The summed E-state index contributed by atoms with van der Waals surface area (Å²) in [6, 6.07) is 7.72. The Kier molecular flexibility index (Phi) is 4.17. The fourth-order valence-corrected chi connectivity index (χ4v) is 3.55. The van der Waals surface area contributed by atoms with Crippen LogP contribution in [-0.4, -0.2) is 16.1 Å². The second-order valence-corrected chi connectivity index (χ2v) is 5.87. The van der Waals surface area contributed by atoms with Crippen molar-refractivity contribution in [3.63, 3.8) is 0 Å². The van der Waals surface area contributed by atoms with Gasteiger partial charge in [-0.25, -0.2) is 0 Å². The van der Waals surface area contributed by atoms with Crippen LogP contribution >= 0.6 is 23.1 Å². The Labute approximate surface area is 108 Å². The third-order valence-corrected chi connectivity index (χ3v) is 4.50. The number of aromatic nitrogens is 1. The molecule has 2 heterocycles. The van der Waals surface area contributed by atoms with Crippen LogP contribution < -0.4 is 0 Å². The molecular weight excluding hydrogens is 254 g/mol. The minimum atomic E-state index is -0.789. The topological polar surface area (TPSA) is 50.2 Å². The third-order valence-electron chi connectivity index (χ3n) is 2.17. The van der Waals surface area contributed by atoms with Gasteiger partial charge in [0.25, 0.3) is 0 Å². The molecule has 88 valence electrons. The molecule has 0 amide bonds. The minimum Gasteiger partial charge on any atom is -0.481 e. The summed E-state index contributed by atoms with van der Waals surface area (Å²) in [6.45, 7) is 0. The maximum absolute atomic E-state index is 10.9. The van der Waals surface area contributed by atoms with Crippen LogP contribution in [0.15, 0.2) is 46.2 Å². The Morgan fingerprint density at radius 2 is 2.35 bits per heavy atom. The second kappa shape index (κ2) is 5.84. The second-order valence-electron chi connectivity index (χ2n) is 3.42. The molecule has 0 aliphatic heterocycles. The maximum atomic E-state index is 10.9. The van der Waals surface area contributed by atoms with Gasteiger partial charge in [-0.1, -0.05) is 12.1 Å². The van der Waals surface area contributed by atoms with E-state index in [0.717, 1.165) is 9.77 Å². The van der Waals surface area contributed by atoms with E-state index >= 15 is 0 Å². The lowest BCUT2D eigenvalue weighted by Gasteiger charge is -2.13. The van der Waals surface area contributed by atoms with E-state index in [2.05, 4.69) is 4.98 Å². The molecule has 3 nitrogen and oxygen atoms in total. The van der Waals surface area contributed by atoms with Gasteiger partial charge >= 0.3 is 5.97 Å². The number of nitrogens with zero attached hydrogens (tertiary/aromatic N) is 1. The molecule has 1 atom stereocenters. The van der Waals surface area contributed by atoms with Gasteiger partial charge in [0.15, 0.2) is 0 Å². The van der Waals surface area contributed by atoms with E-state index in [4.69, 9.17) is 5.11 Å². The van der Waals surface area contributed by atoms with Crippen LogP contribution in [0.5, 0.6) is 0 Å². The van der Waals surface area contributed by atoms with Crippen molar-refractivity contribution < 1.29 is 9.90 Å². The molecule has 0 bridgehead atoms. The molecular formula is C12H11NO2S2. The highest BCUT2D eigenvalue weighted by Gasteiger charge is 2.17. The highest BCUT2D eigenvalue weighted by Crippen LogP contribution is 2.39. The molecule has 17 heavy (non-hydrogen) atoms. The Morgan fingerprint density at radius 1 is 1.47 bits per heavy atom. The summed E-state index contributed by atoms with van der Waals surface area (Å²) in [6.07, 6.45) is 3.53. The van der Waals surface area contributed by atoms with Crippen molar-refractivity contribution in [1.82, 2.24) is 4.98 Å². The van der Waals surface area contributed by atoms with Crippen molar-refractivity contribution in [2.75, 3.05) is 0 Å². The minimum absolute atomic E-state index is 0.0835. The molecule has 0 aromatic carbocycles. The van der Waals surface area contributed by atoms with E-state index < -0.39 is 5.97 Å². The molecule has 1 N–H and O–H groups in total. The molecule has 0 spiro atoms. The molecule has 0 aliphatic carbocycles. The first kappa shape index (κ1) is 12.1. The van der Waals surface area contributed by atoms with E-state index in [1.54, 1.807) is 35.5 Å². The molecule has 5 heteroatoms. The molecule has 0 fully saturated rings. The average molecular weight is 265 g/mol. The molecule has 2 aromatic heterocycles.